The number of aliphatic carboxylic acids is 1. The highest BCUT2D eigenvalue weighted by Gasteiger charge is 2.29. The van der Waals surface area contributed by atoms with E-state index in [-0.39, 0.29) is 14.9 Å². The molecule has 0 bridgehead atoms. The highest BCUT2D eigenvalue weighted by atomic mass is 35.5. The third-order valence-corrected chi connectivity index (χ3v) is 4.82. The van der Waals surface area contributed by atoms with E-state index >= 15 is 0 Å². The third-order valence-electron chi connectivity index (χ3n) is 2.03. The molecule has 0 aliphatic rings. The van der Waals surface area contributed by atoms with Crippen LogP contribution in [-0.4, -0.2) is 24.7 Å². The number of benzene rings is 1. The molecule has 16 heavy (non-hydrogen) atoms. The summed E-state index contributed by atoms with van der Waals surface area (Å²) in [6.45, 7) is 1.10. The van der Waals surface area contributed by atoms with Gasteiger partial charge in [-0.15, -0.1) is 0 Å². The number of sulfone groups is 1. The summed E-state index contributed by atoms with van der Waals surface area (Å²) in [6, 6.07) is 3.67. The summed E-state index contributed by atoms with van der Waals surface area (Å²) in [5.74, 6) is -1.41. The third kappa shape index (κ3) is 2.48. The molecule has 4 nitrogen and oxygen atoms in total. The minimum absolute atomic E-state index is 0.0698. The summed E-state index contributed by atoms with van der Waals surface area (Å²) in [6.07, 6.45) is 0. The van der Waals surface area contributed by atoms with Crippen molar-refractivity contribution in [2.45, 2.75) is 17.1 Å². The Balaban J connectivity index is 3.28. The number of carboxylic acids is 1. The molecule has 0 fully saturated rings. The van der Waals surface area contributed by atoms with E-state index in [0.29, 0.717) is 0 Å². The van der Waals surface area contributed by atoms with E-state index in [1.165, 1.54) is 12.1 Å². The van der Waals surface area contributed by atoms with Crippen LogP contribution in [0.3, 0.4) is 0 Å². The van der Waals surface area contributed by atoms with Gasteiger partial charge < -0.3 is 5.11 Å². The minimum Gasteiger partial charge on any atom is -0.480 e. The first-order chi connectivity index (χ1) is 7.26. The van der Waals surface area contributed by atoms with Crippen LogP contribution in [-0.2, 0) is 14.6 Å². The zero-order chi connectivity index (χ0) is 12.5. The van der Waals surface area contributed by atoms with Crippen LogP contribution in [0.15, 0.2) is 23.1 Å². The maximum Gasteiger partial charge on any atom is 0.321 e. The second-order valence-corrected chi connectivity index (χ2v) is 6.18. The molecule has 0 aliphatic carbocycles. The molecule has 88 valence electrons. The molecule has 0 aliphatic heterocycles. The summed E-state index contributed by atoms with van der Waals surface area (Å²) in [5, 5.41) is 7.42. The van der Waals surface area contributed by atoms with Crippen molar-refractivity contribution >= 4 is 39.0 Å². The molecular weight excluding hydrogens is 275 g/mol. The van der Waals surface area contributed by atoms with Gasteiger partial charge in [-0.1, -0.05) is 23.2 Å². The van der Waals surface area contributed by atoms with Crippen molar-refractivity contribution in [2.75, 3.05) is 0 Å². The Labute approximate surface area is 103 Å². The van der Waals surface area contributed by atoms with Gasteiger partial charge in [0.2, 0.25) is 0 Å². The zero-order valence-corrected chi connectivity index (χ0v) is 10.5. The smallest absolute Gasteiger partial charge is 0.321 e. The minimum atomic E-state index is -3.92. The molecule has 1 aromatic carbocycles. The van der Waals surface area contributed by atoms with Crippen molar-refractivity contribution in [3.63, 3.8) is 0 Å². The van der Waals surface area contributed by atoms with Gasteiger partial charge in [0.25, 0.3) is 0 Å². The zero-order valence-electron chi connectivity index (χ0n) is 8.15. The molecular formula is C9H8Cl2O4S. The van der Waals surface area contributed by atoms with E-state index in [4.69, 9.17) is 28.3 Å². The number of rotatable bonds is 3. The second-order valence-electron chi connectivity index (χ2n) is 3.10. The van der Waals surface area contributed by atoms with Crippen LogP contribution < -0.4 is 0 Å². The number of halogens is 2. The topological polar surface area (TPSA) is 71.4 Å². The largest absolute Gasteiger partial charge is 0.480 e. The van der Waals surface area contributed by atoms with E-state index in [1.54, 1.807) is 0 Å². The average Bonchev–Trinajstić information content (AvgIpc) is 2.20. The highest BCUT2D eigenvalue weighted by Crippen LogP contribution is 2.26. The van der Waals surface area contributed by atoms with Crippen LogP contribution in [0.4, 0.5) is 0 Å². The molecule has 1 atom stereocenters. The van der Waals surface area contributed by atoms with Crippen LogP contribution in [0.1, 0.15) is 6.92 Å². The van der Waals surface area contributed by atoms with Crippen LogP contribution in [0.5, 0.6) is 0 Å². The van der Waals surface area contributed by atoms with E-state index in [1.807, 2.05) is 0 Å². The Hall–Kier alpha value is -0.780. The Kier molecular flexibility index (Phi) is 3.83. The molecule has 0 radical (unpaired) electrons. The fourth-order valence-corrected chi connectivity index (χ4v) is 2.57. The van der Waals surface area contributed by atoms with Crippen LogP contribution in [0, 0.1) is 0 Å². The van der Waals surface area contributed by atoms with E-state index < -0.39 is 21.1 Å². The Morgan fingerprint density at radius 2 is 1.88 bits per heavy atom. The van der Waals surface area contributed by atoms with Crippen LogP contribution in [0.2, 0.25) is 10.0 Å². The molecule has 0 saturated heterocycles. The highest BCUT2D eigenvalue weighted by molar-refractivity contribution is 7.92. The van der Waals surface area contributed by atoms with Gasteiger partial charge in [-0.3, -0.25) is 4.79 Å². The maximum absolute atomic E-state index is 11.8. The van der Waals surface area contributed by atoms with Gasteiger partial charge in [0, 0.05) is 0 Å². The van der Waals surface area contributed by atoms with Gasteiger partial charge >= 0.3 is 5.97 Å². The summed E-state index contributed by atoms with van der Waals surface area (Å²) in [7, 11) is -3.92. The van der Waals surface area contributed by atoms with Crippen molar-refractivity contribution < 1.29 is 18.3 Å². The summed E-state index contributed by atoms with van der Waals surface area (Å²) >= 11 is 11.3. The molecule has 1 rings (SSSR count). The number of carbonyl (C=O) groups is 1. The molecule has 1 unspecified atom stereocenters. The van der Waals surface area contributed by atoms with Gasteiger partial charge in [0.15, 0.2) is 15.1 Å². The first kappa shape index (κ1) is 13.3. The lowest BCUT2D eigenvalue weighted by atomic mass is 10.4. The van der Waals surface area contributed by atoms with Gasteiger partial charge in [0.05, 0.1) is 14.9 Å². The molecule has 0 heterocycles. The van der Waals surface area contributed by atoms with Crippen LogP contribution >= 0.6 is 23.2 Å². The summed E-state index contributed by atoms with van der Waals surface area (Å²) in [5.41, 5.74) is 0. The molecule has 1 aromatic rings. The van der Waals surface area contributed by atoms with Crippen molar-refractivity contribution in [1.29, 1.82) is 0 Å². The lowest BCUT2D eigenvalue weighted by molar-refractivity contribution is -0.136. The lowest BCUT2D eigenvalue weighted by Crippen LogP contribution is -2.26. The summed E-state index contributed by atoms with van der Waals surface area (Å²) in [4.78, 5) is 10.5. The lowest BCUT2D eigenvalue weighted by Gasteiger charge is -2.09. The second kappa shape index (κ2) is 4.61. The van der Waals surface area contributed by atoms with E-state index in [0.717, 1.165) is 13.0 Å². The van der Waals surface area contributed by atoms with E-state index in [9.17, 15) is 13.2 Å². The van der Waals surface area contributed by atoms with Crippen molar-refractivity contribution in [3.05, 3.63) is 28.2 Å². The first-order valence-corrected chi connectivity index (χ1v) is 6.49. The fraction of sp³-hybridized carbons (Fsp3) is 0.222. The van der Waals surface area contributed by atoms with Gasteiger partial charge in [-0.05, 0) is 25.1 Å². The first-order valence-electron chi connectivity index (χ1n) is 4.18. The normalized spacial score (nSPS) is 13.4. The quantitative estimate of drug-likeness (QED) is 0.923. The van der Waals surface area contributed by atoms with E-state index in [2.05, 4.69) is 0 Å². The molecule has 7 heteroatoms. The Bertz CT molecular complexity index is 524. The number of hydrogen-bond acceptors (Lipinski definition) is 3. The van der Waals surface area contributed by atoms with Crippen LogP contribution in [0.25, 0.3) is 0 Å². The maximum atomic E-state index is 11.8. The van der Waals surface area contributed by atoms with Crippen molar-refractivity contribution in [3.8, 4) is 0 Å². The predicted molar refractivity (Wildman–Crippen MR) is 60.7 cm³/mol. The molecule has 0 aromatic heterocycles. The van der Waals surface area contributed by atoms with Gasteiger partial charge in [-0.2, -0.15) is 0 Å². The predicted octanol–water partition coefficient (Wildman–Crippen LogP) is 2.24. The Morgan fingerprint density at radius 1 is 1.31 bits per heavy atom. The molecule has 0 amide bonds. The average molecular weight is 283 g/mol. The molecule has 0 saturated carbocycles. The van der Waals surface area contributed by atoms with Gasteiger partial charge in [0.1, 0.15) is 0 Å². The van der Waals surface area contributed by atoms with Crippen molar-refractivity contribution in [2.24, 2.45) is 0 Å². The number of hydrogen-bond donors (Lipinski definition) is 1. The van der Waals surface area contributed by atoms with Gasteiger partial charge in [-0.25, -0.2) is 8.42 Å². The number of carboxylic acid groups (broad SMARTS) is 1. The molecule has 1 N–H and O–H groups in total. The standard InChI is InChI=1S/C9H8Cl2O4S/c1-5(9(12)13)16(14,15)6-2-3-7(10)8(11)4-6/h2-5H,1H3,(H,12,13). The van der Waals surface area contributed by atoms with Crippen molar-refractivity contribution in [1.82, 2.24) is 0 Å². The monoisotopic (exact) mass is 282 g/mol. The summed E-state index contributed by atoms with van der Waals surface area (Å²) < 4.78 is 23.5. The Morgan fingerprint density at radius 3 is 2.31 bits per heavy atom. The molecule has 0 spiro atoms. The SMILES string of the molecule is CC(C(=O)O)S(=O)(=O)c1ccc(Cl)c(Cl)c1. The fourth-order valence-electron chi connectivity index (χ4n) is 0.991.